The molecule has 0 bridgehead atoms. The average molecular weight is 251 g/mol. The maximum absolute atomic E-state index is 4.19. The average Bonchev–Trinajstić information content (AvgIpc) is 2.39. The molecule has 1 heteroatoms. The lowest BCUT2D eigenvalue weighted by Gasteiger charge is -2.34. The van der Waals surface area contributed by atoms with Gasteiger partial charge in [0, 0.05) is 6.04 Å². The van der Waals surface area contributed by atoms with Crippen molar-refractivity contribution in [2.75, 3.05) is 6.54 Å². The monoisotopic (exact) mass is 251 g/mol. The molecule has 0 amide bonds. The van der Waals surface area contributed by atoms with Crippen LogP contribution in [0.1, 0.15) is 72.1 Å². The second-order valence-corrected chi connectivity index (χ2v) is 6.04. The standard InChI is InChI=1S/C17H33N/c1-5-8-15-9-11-16(12-10-15)17(18-7-3)13-14(4)6-2/h15-18H,4-13H2,1-3H3. The molecule has 0 heterocycles. The van der Waals surface area contributed by atoms with Crippen molar-refractivity contribution >= 4 is 0 Å². The number of hydrogen-bond acceptors (Lipinski definition) is 1. The summed E-state index contributed by atoms with van der Waals surface area (Å²) >= 11 is 0. The van der Waals surface area contributed by atoms with Gasteiger partial charge in [-0.3, -0.25) is 0 Å². The zero-order valence-corrected chi connectivity index (χ0v) is 12.8. The van der Waals surface area contributed by atoms with Crippen LogP contribution >= 0.6 is 0 Å². The van der Waals surface area contributed by atoms with Crippen LogP contribution in [0.15, 0.2) is 12.2 Å². The number of rotatable bonds is 8. The molecule has 0 spiro atoms. The Labute approximate surface area is 114 Å². The Morgan fingerprint density at radius 3 is 2.33 bits per heavy atom. The van der Waals surface area contributed by atoms with Gasteiger partial charge in [0.1, 0.15) is 0 Å². The fraction of sp³-hybridized carbons (Fsp3) is 0.882. The summed E-state index contributed by atoms with van der Waals surface area (Å²) in [4.78, 5) is 0. The molecule has 18 heavy (non-hydrogen) atoms. The van der Waals surface area contributed by atoms with Gasteiger partial charge in [-0.1, -0.05) is 58.6 Å². The van der Waals surface area contributed by atoms with Gasteiger partial charge in [-0.25, -0.2) is 0 Å². The van der Waals surface area contributed by atoms with Gasteiger partial charge >= 0.3 is 0 Å². The lowest BCUT2D eigenvalue weighted by molar-refractivity contribution is 0.213. The highest BCUT2D eigenvalue weighted by Crippen LogP contribution is 2.34. The second-order valence-electron chi connectivity index (χ2n) is 6.04. The highest BCUT2D eigenvalue weighted by atomic mass is 14.9. The van der Waals surface area contributed by atoms with E-state index in [9.17, 15) is 0 Å². The SMILES string of the molecule is C=C(CC)CC(NCC)C1CCC(CCC)CC1. The van der Waals surface area contributed by atoms with E-state index in [1.54, 1.807) is 0 Å². The maximum atomic E-state index is 4.19. The Morgan fingerprint density at radius 1 is 1.17 bits per heavy atom. The summed E-state index contributed by atoms with van der Waals surface area (Å²) in [7, 11) is 0. The van der Waals surface area contributed by atoms with E-state index in [4.69, 9.17) is 0 Å². The van der Waals surface area contributed by atoms with Crippen molar-refractivity contribution in [1.82, 2.24) is 5.32 Å². The molecule has 1 fully saturated rings. The molecular formula is C17H33N. The van der Waals surface area contributed by atoms with E-state index in [-0.39, 0.29) is 0 Å². The van der Waals surface area contributed by atoms with E-state index >= 15 is 0 Å². The fourth-order valence-corrected chi connectivity index (χ4v) is 3.41. The lowest BCUT2D eigenvalue weighted by atomic mass is 9.75. The van der Waals surface area contributed by atoms with Crippen LogP contribution in [0.4, 0.5) is 0 Å². The summed E-state index contributed by atoms with van der Waals surface area (Å²) < 4.78 is 0. The lowest BCUT2D eigenvalue weighted by Crippen LogP contribution is -2.38. The van der Waals surface area contributed by atoms with Gasteiger partial charge < -0.3 is 5.32 Å². The summed E-state index contributed by atoms with van der Waals surface area (Å²) in [5, 5.41) is 3.70. The molecule has 0 radical (unpaired) electrons. The number of nitrogens with one attached hydrogen (secondary N) is 1. The minimum atomic E-state index is 0.685. The second kappa shape index (κ2) is 8.74. The number of hydrogen-bond donors (Lipinski definition) is 1. The van der Waals surface area contributed by atoms with E-state index in [0.717, 1.165) is 24.8 Å². The normalized spacial score (nSPS) is 25.9. The van der Waals surface area contributed by atoms with Crippen LogP contribution < -0.4 is 5.32 Å². The van der Waals surface area contributed by atoms with Crippen molar-refractivity contribution in [3.8, 4) is 0 Å². The van der Waals surface area contributed by atoms with Crippen molar-refractivity contribution in [3.05, 3.63) is 12.2 Å². The largest absolute Gasteiger partial charge is 0.314 e. The first kappa shape index (κ1) is 15.8. The highest BCUT2D eigenvalue weighted by molar-refractivity contribution is 4.98. The third kappa shape index (κ3) is 5.14. The maximum Gasteiger partial charge on any atom is 0.0132 e. The van der Waals surface area contributed by atoms with Crippen LogP contribution in [-0.4, -0.2) is 12.6 Å². The van der Waals surface area contributed by atoms with Crippen LogP contribution in [0.2, 0.25) is 0 Å². The van der Waals surface area contributed by atoms with Crippen molar-refractivity contribution < 1.29 is 0 Å². The van der Waals surface area contributed by atoms with Gasteiger partial charge in [0.25, 0.3) is 0 Å². The molecule has 1 rings (SSSR count). The first-order valence-electron chi connectivity index (χ1n) is 8.11. The first-order chi connectivity index (χ1) is 8.71. The summed E-state index contributed by atoms with van der Waals surface area (Å²) in [6.07, 6.45) is 10.9. The van der Waals surface area contributed by atoms with Crippen LogP contribution in [0.3, 0.4) is 0 Å². The molecule has 1 unspecified atom stereocenters. The van der Waals surface area contributed by atoms with E-state index in [1.165, 1.54) is 50.5 Å². The fourth-order valence-electron chi connectivity index (χ4n) is 3.41. The zero-order valence-electron chi connectivity index (χ0n) is 12.8. The Morgan fingerprint density at radius 2 is 1.83 bits per heavy atom. The summed E-state index contributed by atoms with van der Waals surface area (Å²) in [6.45, 7) is 12.1. The Balaban J connectivity index is 2.42. The molecule has 1 saturated carbocycles. The Bertz CT molecular complexity index is 226. The van der Waals surface area contributed by atoms with Crippen LogP contribution in [0.25, 0.3) is 0 Å². The molecule has 0 saturated heterocycles. The third-order valence-electron chi connectivity index (χ3n) is 4.63. The molecular weight excluding hydrogens is 218 g/mol. The van der Waals surface area contributed by atoms with Gasteiger partial charge in [-0.05, 0) is 44.1 Å². The van der Waals surface area contributed by atoms with Gasteiger partial charge in [-0.2, -0.15) is 0 Å². The van der Waals surface area contributed by atoms with Crippen molar-refractivity contribution in [1.29, 1.82) is 0 Å². The van der Waals surface area contributed by atoms with E-state index in [2.05, 4.69) is 32.7 Å². The summed E-state index contributed by atoms with van der Waals surface area (Å²) in [6, 6.07) is 0.685. The molecule has 0 aromatic heterocycles. The van der Waals surface area contributed by atoms with E-state index in [0.29, 0.717) is 6.04 Å². The molecule has 1 N–H and O–H groups in total. The highest BCUT2D eigenvalue weighted by Gasteiger charge is 2.26. The smallest absolute Gasteiger partial charge is 0.0132 e. The predicted octanol–water partition coefficient (Wildman–Crippen LogP) is 4.93. The first-order valence-corrected chi connectivity index (χ1v) is 8.11. The quantitative estimate of drug-likeness (QED) is 0.603. The molecule has 0 aliphatic heterocycles. The molecule has 0 aromatic rings. The Kier molecular flexibility index (Phi) is 7.65. The van der Waals surface area contributed by atoms with Crippen LogP contribution in [0, 0.1) is 11.8 Å². The molecule has 106 valence electrons. The molecule has 1 nitrogen and oxygen atoms in total. The van der Waals surface area contributed by atoms with E-state index < -0.39 is 0 Å². The van der Waals surface area contributed by atoms with Gasteiger partial charge in [0.2, 0.25) is 0 Å². The van der Waals surface area contributed by atoms with Crippen molar-refractivity contribution in [2.24, 2.45) is 11.8 Å². The van der Waals surface area contributed by atoms with Gasteiger partial charge in [0.05, 0.1) is 0 Å². The minimum Gasteiger partial charge on any atom is -0.314 e. The third-order valence-corrected chi connectivity index (χ3v) is 4.63. The topological polar surface area (TPSA) is 12.0 Å². The van der Waals surface area contributed by atoms with Gasteiger partial charge in [0.15, 0.2) is 0 Å². The molecule has 1 aliphatic carbocycles. The van der Waals surface area contributed by atoms with Crippen LogP contribution in [-0.2, 0) is 0 Å². The molecule has 1 atom stereocenters. The van der Waals surface area contributed by atoms with Gasteiger partial charge in [-0.15, -0.1) is 0 Å². The summed E-state index contributed by atoms with van der Waals surface area (Å²) in [5.74, 6) is 1.91. The minimum absolute atomic E-state index is 0.685. The van der Waals surface area contributed by atoms with Crippen molar-refractivity contribution in [2.45, 2.75) is 78.2 Å². The predicted molar refractivity (Wildman–Crippen MR) is 81.9 cm³/mol. The molecule has 0 aromatic carbocycles. The Hall–Kier alpha value is -0.300. The molecule has 1 aliphatic rings. The zero-order chi connectivity index (χ0) is 13.4. The summed E-state index contributed by atoms with van der Waals surface area (Å²) in [5.41, 5.74) is 1.41. The van der Waals surface area contributed by atoms with Crippen LogP contribution in [0.5, 0.6) is 0 Å². The van der Waals surface area contributed by atoms with E-state index in [1.807, 2.05) is 0 Å². The van der Waals surface area contributed by atoms with Crippen molar-refractivity contribution in [3.63, 3.8) is 0 Å².